The number of hydrogen-bond donors (Lipinski definition) is 1. The van der Waals surface area contributed by atoms with E-state index in [0.717, 1.165) is 38.8 Å². The number of aromatic nitrogens is 2. The summed E-state index contributed by atoms with van der Waals surface area (Å²) >= 11 is 0. The second-order valence-corrected chi connectivity index (χ2v) is 17.0. The Morgan fingerprint density at radius 1 is 0.729 bits per heavy atom. The van der Waals surface area contributed by atoms with Crippen molar-refractivity contribution in [3.8, 4) is 5.75 Å². The quantitative estimate of drug-likeness (QED) is 0.125. The van der Waals surface area contributed by atoms with E-state index in [9.17, 15) is 5.11 Å². The highest BCUT2D eigenvalue weighted by Crippen LogP contribution is 2.47. The van der Waals surface area contributed by atoms with Crippen molar-refractivity contribution in [2.24, 2.45) is 5.92 Å². The first-order valence-corrected chi connectivity index (χ1v) is 19.9. The highest BCUT2D eigenvalue weighted by atomic mass is 28.3. The maximum Gasteiger partial charge on any atom is 0.229 e. The van der Waals surface area contributed by atoms with Crippen molar-refractivity contribution in [2.45, 2.75) is 71.2 Å². The van der Waals surface area contributed by atoms with E-state index in [2.05, 4.69) is 156 Å². The summed E-state index contributed by atoms with van der Waals surface area (Å²) in [4.78, 5) is 5.06. The molecular formula is C43H48N2O2Si. The van der Waals surface area contributed by atoms with Crippen molar-refractivity contribution in [3.05, 3.63) is 167 Å². The fourth-order valence-electron chi connectivity index (χ4n) is 7.36. The molecule has 6 aromatic rings. The summed E-state index contributed by atoms with van der Waals surface area (Å²) in [6, 6.07) is 40.4. The highest BCUT2D eigenvalue weighted by Gasteiger charge is 2.44. The molecular weight excluding hydrogens is 605 g/mol. The van der Waals surface area contributed by atoms with E-state index in [-0.39, 0.29) is 11.3 Å². The van der Waals surface area contributed by atoms with E-state index in [1.54, 1.807) is 0 Å². The van der Waals surface area contributed by atoms with Crippen LogP contribution in [0.2, 0.25) is 13.1 Å². The van der Waals surface area contributed by atoms with Crippen LogP contribution < -0.4 is 4.43 Å². The number of aryl methyl sites for hydroxylation is 1. The van der Waals surface area contributed by atoms with Gasteiger partial charge in [0.1, 0.15) is 16.9 Å². The molecule has 1 unspecified atom stereocenters. The molecule has 1 heterocycles. The van der Waals surface area contributed by atoms with Gasteiger partial charge in [0.25, 0.3) is 0 Å². The first kappa shape index (κ1) is 33.4. The van der Waals surface area contributed by atoms with Crippen molar-refractivity contribution < 1.29 is 9.53 Å². The Hall–Kier alpha value is -4.45. The van der Waals surface area contributed by atoms with Gasteiger partial charge < -0.3 is 14.1 Å². The molecule has 0 aliphatic rings. The van der Waals surface area contributed by atoms with Gasteiger partial charge in [0.2, 0.25) is 9.04 Å². The lowest BCUT2D eigenvalue weighted by Crippen LogP contribution is -2.38. The number of aliphatic hydroxyl groups is 1. The second-order valence-electron chi connectivity index (χ2n) is 14.6. The molecule has 48 heavy (non-hydrogen) atoms. The molecule has 5 heteroatoms. The lowest BCUT2D eigenvalue weighted by atomic mass is 9.76. The molecule has 0 radical (unpaired) electrons. The number of hydrogen-bond acceptors (Lipinski definition) is 3. The van der Waals surface area contributed by atoms with Crippen molar-refractivity contribution in [3.63, 3.8) is 0 Å². The van der Waals surface area contributed by atoms with Crippen LogP contribution in [0.25, 0.3) is 10.8 Å². The van der Waals surface area contributed by atoms with Crippen molar-refractivity contribution in [1.29, 1.82) is 0 Å². The van der Waals surface area contributed by atoms with Crippen LogP contribution in [0.5, 0.6) is 5.75 Å². The SMILES string of the molecule is Cc1cc2c(O[SiH](C)C)c(C(O)(c3cn(C(c4ccccc4)(c4ccccc4)c4ccccc4)cn3)C(C)C)ccc2cc1C(C)(C)C. The van der Waals surface area contributed by atoms with Crippen molar-refractivity contribution in [1.82, 2.24) is 9.55 Å². The van der Waals surface area contributed by atoms with Gasteiger partial charge in [0.15, 0.2) is 0 Å². The van der Waals surface area contributed by atoms with Gasteiger partial charge in [-0.2, -0.15) is 0 Å². The minimum Gasteiger partial charge on any atom is -0.546 e. The van der Waals surface area contributed by atoms with Crippen molar-refractivity contribution in [2.75, 3.05) is 0 Å². The molecule has 0 saturated carbocycles. The molecule has 5 aromatic carbocycles. The van der Waals surface area contributed by atoms with Crippen LogP contribution in [0.1, 0.15) is 73.7 Å². The standard InChI is InChI=1S/C43H48N2O2Si/c1-30(2)43(46,37-25-24-32-27-38(41(4,5)6)31(3)26-36(32)40(37)47-48(7)8)39-28-45(29-44-39)42(33-18-12-9-13-19-33,34-20-14-10-15-21-34)35-22-16-11-17-23-35/h9-30,46,48H,1-8H3. The lowest BCUT2D eigenvalue weighted by Gasteiger charge is -2.38. The summed E-state index contributed by atoms with van der Waals surface area (Å²) in [5.74, 6) is 0.563. The zero-order chi connectivity index (χ0) is 34.3. The maximum atomic E-state index is 13.1. The maximum absolute atomic E-state index is 13.1. The van der Waals surface area contributed by atoms with Crippen LogP contribution in [-0.4, -0.2) is 23.7 Å². The average Bonchev–Trinajstić information content (AvgIpc) is 3.56. The zero-order valence-electron chi connectivity index (χ0n) is 29.5. The monoisotopic (exact) mass is 652 g/mol. The van der Waals surface area contributed by atoms with E-state index in [1.165, 1.54) is 11.1 Å². The lowest BCUT2D eigenvalue weighted by molar-refractivity contribution is 0.0265. The molecule has 0 aliphatic heterocycles. The first-order chi connectivity index (χ1) is 22.9. The summed E-state index contributed by atoms with van der Waals surface area (Å²) < 4.78 is 8.96. The molecule has 1 N–H and O–H groups in total. The van der Waals surface area contributed by atoms with E-state index < -0.39 is 20.2 Å². The first-order valence-electron chi connectivity index (χ1n) is 17.1. The second kappa shape index (κ2) is 12.9. The number of imidazole rings is 1. The van der Waals surface area contributed by atoms with Crippen LogP contribution in [0.3, 0.4) is 0 Å². The van der Waals surface area contributed by atoms with Gasteiger partial charge in [-0.25, -0.2) is 4.98 Å². The fourth-order valence-corrected chi connectivity index (χ4v) is 8.08. The van der Waals surface area contributed by atoms with Crippen LogP contribution >= 0.6 is 0 Å². The van der Waals surface area contributed by atoms with Gasteiger partial charge in [-0.15, -0.1) is 0 Å². The number of rotatable bonds is 9. The van der Waals surface area contributed by atoms with Crippen LogP contribution in [0, 0.1) is 12.8 Å². The Morgan fingerprint density at radius 3 is 1.71 bits per heavy atom. The summed E-state index contributed by atoms with van der Waals surface area (Å²) in [5, 5.41) is 15.2. The van der Waals surface area contributed by atoms with Crippen LogP contribution in [-0.2, 0) is 16.6 Å². The minimum absolute atomic E-state index is 0.0129. The molecule has 0 saturated heterocycles. The molecule has 1 aromatic heterocycles. The predicted molar refractivity (Wildman–Crippen MR) is 202 cm³/mol. The van der Waals surface area contributed by atoms with E-state index in [0.29, 0.717) is 5.69 Å². The third-order valence-corrected chi connectivity index (χ3v) is 10.4. The largest absolute Gasteiger partial charge is 0.546 e. The Balaban J connectivity index is 1.62. The summed E-state index contributed by atoms with van der Waals surface area (Å²) in [5.41, 5.74) is 5.03. The number of fused-ring (bicyclic) bond motifs is 1. The Morgan fingerprint density at radius 2 is 1.25 bits per heavy atom. The molecule has 6 rings (SSSR count). The fraction of sp³-hybridized carbons (Fsp3) is 0.279. The highest BCUT2D eigenvalue weighted by molar-refractivity contribution is 6.49. The predicted octanol–water partition coefficient (Wildman–Crippen LogP) is 9.74. The molecule has 0 bridgehead atoms. The third kappa shape index (κ3) is 5.69. The number of benzene rings is 5. The van der Waals surface area contributed by atoms with Crippen molar-refractivity contribution >= 4 is 19.8 Å². The molecule has 4 nitrogen and oxygen atoms in total. The van der Waals surface area contributed by atoms with Gasteiger partial charge in [-0.3, -0.25) is 0 Å². The molecule has 0 aliphatic carbocycles. The topological polar surface area (TPSA) is 47.3 Å². The summed E-state index contributed by atoms with van der Waals surface area (Å²) in [7, 11) is -1.57. The van der Waals surface area contributed by atoms with E-state index in [4.69, 9.17) is 9.41 Å². The summed E-state index contributed by atoms with van der Waals surface area (Å²) in [6.45, 7) is 17.4. The third-order valence-electron chi connectivity index (χ3n) is 9.66. The molecule has 0 spiro atoms. The van der Waals surface area contributed by atoms with Gasteiger partial charge in [0.05, 0.1) is 12.0 Å². The Bertz CT molecular complexity index is 1910. The zero-order valence-corrected chi connectivity index (χ0v) is 30.7. The number of nitrogens with zero attached hydrogens (tertiary/aromatic N) is 2. The van der Waals surface area contributed by atoms with Crippen LogP contribution in [0.4, 0.5) is 0 Å². The van der Waals surface area contributed by atoms with Crippen LogP contribution in [0.15, 0.2) is 128 Å². The van der Waals surface area contributed by atoms with Gasteiger partial charge in [-0.1, -0.05) is 144 Å². The smallest absolute Gasteiger partial charge is 0.229 e. The van der Waals surface area contributed by atoms with Gasteiger partial charge in [-0.05, 0) is 70.6 Å². The van der Waals surface area contributed by atoms with Gasteiger partial charge >= 0.3 is 0 Å². The van der Waals surface area contributed by atoms with Gasteiger partial charge in [0, 0.05) is 17.1 Å². The minimum atomic E-state index is -1.57. The normalized spacial score (nSPS) is 13.6. The van der Waals surface area contributed by atoms with E-state index >= 15 is 0 Å². The summed E-state index contributed by atoms with van der Waals surface area (Å²) in [6.07, 6.45) is 3.93. The average molecular weight is 653 g/mol. The van der Waals surface area contributed by atoms with E-state index in [1.807, 2.05) is 30.7 Å². The molecule has 1 atom stereocenters. The Labute approximate surface area is 287 Å². The molecule has 0 amide bonds. The molecule has 0 fully saturated rings. The molecule has 246 valence electrons. The Kier molecular flexibility index (Phi) is 8.97.